The van der Waals surface area contributed by atoms with Gasteiger partial charge in [-0.15, -0.1) is 5.11 Å². The summed E-state index contributed by atoms with van der Waals surface area (Å²) >= 11 is 0. The summed E-state index contributed by atoms with van der Waals surface area (Å²) < 4.78 is 1.20. The van der Waals surface area contributed by atoms with Gasteiger partial charge in [-0.3, -0.25) is 30.1 Å². The third kappa shape index (κ3) is 4.03. The summed E-state index contributed by atoms with van der Waals surface area (Å²) in [6, 6.07) is 20.0. The van der Waals surface area contributed by atoms with Gasteiger partial charge in [-0.2, -0.15) is 5.11 Å². The molecular weight excluding hydrogens is 416 g/mol. The highest BCUT2D eigenvalue weighted by molar-refractivity contribution is 5.72. The van der Waals surface area contributed by atoms with Crippen molar-refractivity contribution in [3.63, 3.8) is 0 Å². The van der Waals surface area contributed by atoms with E-state index in [-0.39, 0.29) is 22.7 Å². The highest BCUT2D eigenvalue weighted by atomic mass is 16.6. The minimum absolute atomic E-state index is 0.0129. The van der Waals surface area contributed by atoms with E-state index < -0.39 is 15.4 Å². The number of non-ortho nitro benzene ring substituents is 2. The third-order valence-corrected chi connectivity index (χ3v) is 4.55. The van der Waals surface area contributed by atoms with Gasteiger partial charge < -0.3 is 0 Å². The molecule has 0 aliphatic carbocycles. The Morgan fingerprint density at radius 1 is 0.781 bits per heavy atom. The van der Waals surface area contributed by atoms with Crippen molar-refractivity contribution in [2.45, 2.75) is 0 Å². The van der Waals surface area contributed by atoms with Crippen LogP contribution in [0.2, 0.25) is 0 Å². The Morgan fingerprint density at radius 3 is 2.12 bits per heavy atom. The molecule has 0 aliphatic heterocycles. The number of rotatable bonds is 6. The Morgan fingerprint density at radius 2 is 1.47 bits per heavy atom. The van der Waals surface area contributed by atoms with Crippen molar-refractivity contribution in [3.05, 3.63) is 109 Å². The molecule has 0 unspecified atom stereocenters. The van der Waals surface area contributed by atoms with Crippen molar-refractivity contribution >= 4 is 22.7 Å². The van der Waals surface area contributed by atoms with Crippen molar-refractivity contribution in [1.29, 1.82) is 0 Å². The van der Waals surface area contributed by atoms with Crippen molar-refractivity contribution in [2.24, 2.45) is 10.2 Å². The predicted molar refractivity (Wildman–Crippen MR) is 116 cm³/mol. The summed E-state index contributed by atoms with van der Waals surface area (Å²) in [5, 5.41) is 32.9. The number of hydrogen-bond acceptors (Lipinski definition) is 7. The van der Waals surface area contributed by atoms with Gasteiger partial charge in [0, 0.05) is 29.8 Å². The van der Waals surface area contributed by atoms with Crippen molar-refractivity contribution in [1.82, 2.24) is 9.78 Å². The molecular formula is C21H14N6O5. The van der Waals surface area contributed by atoms with Crippen LogP contribution in [0.5, 0.6) is 0 Å². The van der Waals surface area contributed by atoms with E-state index in [0.29, 0.717) is 16.9 Å². The number of benzene rings is 3. The van der Waals surface area contributed by atoms with Gasteiger partial charge >= 0.3 is 0 Å². The smallest absolute Gasteiger partial charge is 0.288 e. The molecule has 0 aliphatic rings. The number of aromatic amines is 1. The van der Waals surface area contributed by atoms with Crippen molar-refractivity contribution in [3.8, 4) is 16.9 Å². The van der Waals surface area contributed by atoms with Crippen LogP contribution in [0, 0.1) is 20.2 Å². The topological polar surface area (TPSA) is 149 Å². The van der Waals surface area contributed by atoms with Gasteiger partial charge in [-0.25, -0.2) is 4.68 Å². The van der Waals surface area contributed by atoms with E-state index in [0.717, 1.165) is 0 Å². The number of H-pyrrole nitrogens is 1. The second-order valence-corrected chi connectivity index (χ2v) is 6.59. The van der Waals surface area contributed by atoms with Gasteiger partial charge in [-0.1, -0.05) is 36.4 Å². The zero-order valence-electron chi connectivity index (χ0n) is 16.3. The van der Waals surface area contributed by atoms with E-state index in [2.05, 4.69) is 15.3 Å². The van der Waals surface area contributed by atoms with Gasteiger partial charge in [0.05, 0.1) is 26.9 Å². The second kappa shape index (κ2) is 8.44. The van der Waals surface area contributed by atoms with Crippen molar-refractivity contribution in [2.75, 3.05) is 0 Å². The lowest BCUT2D eigenvalue weighted by Crippen LogP contribution is -2.13. The van der Waals surface area contributed by atoms with Crippen LogP contribution in [0.25, 0.3) is 16.9 Å². The maximum atomic E-state index is 13.1. The van der Waals surface area contributed by atoms with Gasteiger partial charge in [0.15, 0.2) is 5.69 Å². The molecule has 1 heterocycles. The molecule has 0 amide bonds. The monoisotopic (exact) mass is 430 g/mol. The molecule has 4 aromatic rings. The number of nitrogens with one attached hydrogen (secondary N) is 1. The third-order valence-electron chi connectivity index (χ3n) is 4.55. The molecule has 32 heavy (non-hydrogen) atoms. The van der Waals surface area contributed by atoms with Crippen molar-refractivity contribution < 1.29 is 9.85 Å². The number of nitrogens with zero attached hydrogens (tertiary/aromatic N) is 5. The summed E-state index contributed by atoms with van der Waals surface area (Å²) in [6.07, 6.45) is 0. The first-order chi connectivity index (χ1) is 15.4. The first kappa shape index (κ1) is 20.3. The zero-order chi connectivity index (χ0) is 22.7. The summed E-state index contributed by atoms with van der Waals surface area (Å²) in [6.45, 7) is 0. The standard InChI is InChI=1S/C21H14N6O5/c28-21-20(23-22-15-7-4-8-18(13-15)27(31)32)19(14-5-2-1-3-6-14)24-25(21)16-9-11-17(12-10-16)26(29)30/h1-13,24H. The fourth-order valence-electron chi connectivity index (χ4n) is 3.01. The molecule has 1 aromatic heterocycles. The van der Waals surface area contributed by atoms with Gasteiger partial charge in [0.25, 0.3) is 16.9 Å². The van der Waals surface area contributed by atoms with Crippen LogP contribution >= 0.6 is 0 Å². The molecule has 1 N–H and O–H groups in total. The Hall–Kier alpha value is -4.93. The SMILES string of the molecule is O=c1c(N=Nc2cccc([N+](=O)[O-])c2)c(-c2ccccc2)[nH]n1-c1ccc([N+](=O)[O-])cc1. The predicted octanol–water partition coefficient (Wildman–Crippen LogP) is 5.06. The van der Waals surface area contributed by atoms with Gasteiger partial charge in [0.2, 0.25) is 0 Å². The molecule has 0 bridgehead atoms. The van der Waals surface area contributed by atoms with E-state index in [1.165, 1.54) is 53.2 Å². The van der Waals surface area contributed by atoms with E-state index in [4.69, 9.17) is 0 Å². The molecule has 0 spiro atoms. The number of nitro benzene ring substituents is 2. The number of azo groups is 1. The van der Waals surface area contributed by atoms with E-state index in [1.54, 1.807) is 24.3 Å². The van der Waals surface area contributed by atoms with Crippen LogP contribution in [0.15, 0.2) is 93.9 Å². The summed E-state index contributed by atoms with van der Waals surface area (Å²) in [7, 11) is 0. The number of nitro groups is 2. The quantitative estimate of drug-likeness (QED) is 0.258. The largest absolute Gasteiger partial charge is 0.299 e. The molecule has 11 heteroatoms. The Kier molecular flexibility index (Phi) is 5.36. The van der Waals surface area contributed by atoms with Crippen LogP contribution in [0.4, 0.5) is 22.7 Å². The summed E-state index contributed by atoms with van der Waals surface area (Å²) in [4.78, 5) is 33.9. The average molecular weight is 430 g/mol. The van der Waals surface area contributed by atoms with Gasteiger partial charge in [-0.05, 0) is 18.2 Å². The van der Waals surface area contributed by atoms with Gasteiger partial charge in [0.1, 0.15) is 0 Å². The lowest BCUT2D eigenvalue weighted by molar-refractivity contribution is -0.385. The fraction of sp³-hybridized carbons (Fsp3) is 0. The van der Waals surface area contributed by atoms with Crippen LogP contribution in [-0.2, 0) is 0 Å². The number of hydrogen-bond donors (Lipinski definition) is 1. The van der Waals surface area contributed by atoms with E-state index in [9.17, 15) is 25.0 Å². The minimum Gasteiger partial charge on any atom is -0.288 e. The fourth-order valence-corrected chi connectivity index (χ4v) is 3.01. The first-order valence-electron chi connectivity index (χ1n) is 9.25. The maximum Gasteiger partial charge on any atom is 0.299 e. The molecule has 3 aromatic carbocycles. The Labute approximate surface area is 179 Å². The number of aromatic nitrogens is 2. The average Bonchev–Trinajstić information content (AvgIpc) is 3.14. The normalized spacial score (nSPS) is 11.0. The Bertz CT molecular complexity index is 1390. The molecule has 158 valence electrons. The zero-order valence-corrected chi connectivity index (χ0v) is 16.3. The van der Waals surface area contributed by atoms with Crippen LogP contribution in [0.3, 0.4) is 0 Å². The molecule has 0 saturated heterocycles. The van der Waals surface area contributed by atoms with Crippen LogP contribution in [-0.4, -0.2) is 19.6 Å². The molecule has 4 rings (SSSR count). The summed E-state index contributed by atoms with van der Waals surface area (Å²) in [5.74, 6) is 0. The van der Waals surface area contributed by atoms with E-state index >= 15 is 0 Å². The maximum absolute atomic E-state index is 13.1. The molecule has 0 atom stereocenters. The van der Waals surface area contributed by atoms with Crippen LogP contribution in [0.1, 0.15) is 0 Å². The molecule has 11 nitrogen and oxygen atoms in total. The molecule has 0 fully saturated rings. The molecule has 0 saturated carbocycles. The highest BCUT2D eigenvalue weighted by Crippen LogP contribution is 2.29. The van der Waals surface area contributed by atoms with E-state index in [1.807, 2.05) is 6.07 Å². The lowest BCUT2D eigenvalue weighted by atomic mass is 10.1. The molecule has 0 radical (unpaired) electrons. The lowest BCUT2D eigenvalue weighted by Gasteiger charge is -2.01. The summed E-state index contributed by atoms with van der Waals surface area (Å²) in [5.41, 5.74) is 0.814. The minimum atomic E-state index is -0.549. The Balaban J connectivity index is 1.82. The van der Waals surface area contributed by atoms with Crippen LogP contribution < -0.4 is 5.56 Å². The first-order valence-corrected chi connectivity index (χ1v) is 9.25. The highest BCUT2D eigenvalue weighted by Gasteiger charge is 2.18. The second-order valence-electron chi connectivity index (χ2n) is 6.59.